The summed E-state index contributed by atoms with van der Waals surface area (Å²) in [6.45, 7) is 3.19. The Morgan fingerprint density at radius 3 is 3.00 bits per heavy atom. The topological polar surface area (TPSA) is 70.7 Å². The minimum Gasteiger partial charge on any atom is -0.491 e. The van der Waals surface area contributed by atoms with Crippen molar-refractivity contribution in [2.45, 2.75) is 12.5 Å². The van der Waals surface area contributed by atoms with Crippen molar-refractivity contribution < 1.29 is 14.3 Å². The van der Waals surface area contributed by atoms with Crippen LogP contribution in [-0.2, 0) is 9.59 Å². The van der Waals surface area contributed by atoms with E-state index in [0.29, 0.717) is 19.7 Å². The van der Waals surface area contributed by atoms with Crippen molar-refractivity contribution in [1.29, 1.82) is 0 Å². The van der Waals surface area contributed by atoms with Crippen LogP contribution in [0.2, 0.25) is 0 Å². The molecule has 6 heteroatoms. The molecule has 0 spiro atoms. The van der Waals surface area contributed by atoms with E-state index in [2.05, 4.69) is 10.6 Å². The average molecular weight is 289 g/mol. The summed E-state index contributed by atoms with van der Waals surface area (Å²) >= 11 is 0. The van der Waals surface area contributed by atoms with Crippen molar-refractivity contribution >= 4 is 11.8 Å². The smallest absolute Gasteiger partial charge is 0.311 e. The Balaban J connectivity index is 1.63. The number of ether oxygens (including phenoxy) is 1. The monoisotopic (exact) mass is 289 g/mol. The van der Waals surface area contributed by atoms with Gasteiger partial charge in [-0.15, -0.1) is 0 Å². The summed E-state index contributed by atoms with van der Waals surface area (Å²) in [6, 6.07) is 7.31. The third-order valence-electron chi connectivity index (χ3n) is 3.83. The number of para-hydroxylation sites is 1. The average Bonchev–Trinajstić information content (AvgIpc) is 2.74. The maximum absolute atomic E-state index is 12.2. The normalized spacial score (nSPS) is 21.1. The Bertz CT molecular complexity index is 539. The lowest BCUT2D eigenvalue weighted by Gasteiger charge is -2.20. The Morgan fingerprint density at radius 2 is 2.10 bits per heavy atom. The molecular weight excluding hydrogens is 270 g/mol. The Labute approximate surface area is 123 Å². The fourth-order valence-electron chi connectivity index (χ4n) is 2.69. The number of hydrogen-bond acceptors (Lipinski definition) is 4. The van der Waals surface area contributed by atoms with Gasteiger partial charge in [0.25, 0.3) is 0 Å². The molecule has 2 heterocycles. The van der Waals surface area contributed by atoms with Crippen LogP contribution in [0.3, 0.4) is 0 Å². The van der Waals surface area contributed by atoms with Gasteiger partial charge in [-0.05, 0) is 19.0 Å². The molecule has 0 aliphatic carbocycles. The number of nitrogens with zero attached hydrogens (tertiary/aromatic N) is 1. The fraction of sp³-hybridized carbons (Fsp3) is 0.467. The first kappa shape index (κ1) is 13.9. The van der Waals surface area contributed by atoms with Gasteiger partial charge in [-0.2, -0.15) is 0 Å². The van der Waals surface area contributed by atoms with Crippen molar-refractivity contribution in [2.24, 2.45) is 0 Å². The highest BCUT2D eigenvalue weighted by Crippen LogP contribution is 2.31. The zero-order valence-corrected chi connectivity index (χ0v) is 11.8. The molecule has 2 N–H and O–H groups in total. The van der Waals surface area contributed by atoms with E-state index in [4.69, 9.17) is 4.74 Å². The molecule has 1 saturated heterocycles. The van der Waals surface area contributed by atoms with Gasteiger partial charge in [-0.25, -0.2) is 0 Å². The molecule has 0 saturated carbocycles. The largest absolute Gasteiger partial charge is 0.491 e. The number of rotatable bonds is 1. The quantitative estimate of drug-likeness (QED) is 0.717. The number of fused-ring (bicyclic) bond motifs is 1. The molecule has 2 aliphatic heterocycles. The van der Waals surface area contributed by atoms with Gasteiger partial charge in [0.1, 0.15) is 12.4 Å². The molecule has 1 aromatic carbocycles. The number of nitrogens with one attached hydrogen (secondary N) is 2. The van der Waals surface area contributed by atoms with E-state index in [1.165, 1.54) is 0 Å². The predicted octanol–water partition coefficient (Wildman–Crippen LogP) is 0.0582. The van der Waals surface area contributed by atoms with Crippen molar-refractivity contribution in [2.75, 3.05) is 32.8 Å². The van der Waals surface area contributed by atoms with Crippen LogP contribution in [0.1, 0.15) is 18.0 Å². The fourth-order valence-corrected chi connectivity index (χ4v) is 2.69. The van der Waals surface area contributed by atoms with Gasteiger partial charge in [0.05, 0.1) is 6.04 Å². The third kappa shape index (κ3) is 3.00. The van der Waals surface area contributed by atoms with Gasteiger partial charge in [0.15, 0.2) is 0 Å². The maximum atomic E-state index is 12.2. The van der Waals surface area contributed by atoms with Crippen LogP contribution in [0.5, 0.6) is 5.75 Å². The molecule has 1 aromatic rings. The first-order valence-corrected chi connectivity index (χ1v) is 7.28. The minimum absolute atomic E-state index is 0.247. The summed E-state index contributed by atoms with van der Waals surface area (Å²) in [5, 5.41) is 5.99. The summed E-state index contributed by atoms with van der Waals surface area (Å²) in [4.78, 5) is 25.9. The maximum Gasteiger partial charge on any atom is 0.311 e. The van der Waals surface area contributed by atoms with Crippen LogP contribution in [0.4, 0.5) is 0 Å². The summed E-state index contributed by atoms with van der Waals surface area (Å²) in [5.74, 6) is -0.237. The van der Waals surface area contributed by atoms with E-state index in [1.807, 2.05) is 24.3 Å². The molecular formula is C15H19N3O3. The molecule has 1 unspecified atom stereocenters. The van der Waals surface area contributed by atoms with Crippen molar-refractivity contribution in [1.82, 2.24) is 15.5 Å². The van der Waals surface area contributed by atoms with Crippen LogP contribution < -0.4 is 15.4 Å². The Morgan fingerprint density at radius 1 is 1.24 bits per heavy atom. The molecule has 2 aliphatic rings. The van der Waals surface area contributed by atoms with E-state index in [9.17, 15) is 9.59 Å². The highest BCUT2D eigenvalue weighted by Gasteiger charge is 2.29. The second-order valence-corrected chi connectivity index (χ2v) is 5.27. The zero-order valence-electron chi connectivity index (χ0n) is 11.8. The Kier molecular flexibility index (Phi) is 4.06. The van der Waals surface area contributed by atoms with Crippen LogP contribution >= 0.6 is 0 Å². The van der Waals surface area contributed by atoms with E-state index in [1.54, 1.807) is 4.90 Å². The first-order chi connectivity index (χ1) is 10.3. The molecule has 3 rings (SSSR count). The highest BCUT2D eigenvalue weighted by atomic mass is 16.5. The SMILES string of the molecule is O=C(NC1COc2ccccc21)C(=O)N1CCCNCC1. The van der Waals surface area contributed by atoms with Crippen molar-refractivity contribution in [3.63, 3.8) is 0 Å². The molecule has 1 atom stereocenters. The van der Waals surface area contributed by atoms with E-state index < -0.39 is 11.8 Å². The van der Waals surface area contributed by atoms with Gasteiger partial charge in [-0.1, -0.05) is 18.2 Å². The number of carbonyl (C=O) groups is 2. The number of carbonyl (C=O) groups excluding carboxylic acids is 2. The molecule has 1 fully saturated rings. The molecule has 21 heavy (non-hydrogen) atoms. The summed E-state index contributed by atoms with van der Waals surface area (Å²) in [6.07, 6.45) is 0.869. The number of benzene rings is 1. The highest BCUT2D eigenvalue weighted by molar-refractivity contribution is 6.35. The van der Waals surface area contributed by atoms with Crippen LogP contribution in [0, 0.1) is 0 Å². The van der Waals surface area contributed by atoms with Crippen molar-refractivity contribution in [3.8, 4) is 5.75 Å². The number of amides is 2. The third-order valence-corrected chi connectivity index (χ3v) is 3.83. The van der Waals surface area contributed by atoms with Crippen LogP contribution in [0.15, 0.2) is 24.3 Å². The molecule has 112 valence electrons. The summed E-state index contributed by atoms with van der Waals surface area (Å²) < 4.78 is 5.51. The lowest BCUT2D eigenvalue weighted by atomic mass is 10.1. The molecule has 0 aromatic heterocycles. The predicted molar refractivity (Wildman–Crippen MR) is 76.9 cm³/mol. The Hall–Kier alpha value is -2.08. The number of hydrogen-bond donors (Lipinski definition) is 2. The molecule has 6 nitrogen and oxygen atoms in total. The van der Waals surface area contributed by atoms with Gasteiger partial charge in [-0.3, -0.25) is 9.59 Å². The minimum atomic E-state index is -0.554. The summed E-state index contributed by atoms with van der Waals surface area (Å²) in [7, 11) is 0. The second-order valence-electron chi connectivity index (χ2n) is 5.27. The van der Waals surface area contributed by atoms with Gasteiger partial charge in [0.2, 0.25) is 0 Å². The van der Waals surface area contributed by atoms with E-state index >= 15 is 0 Å². The molecule has 0 radical (unpaired) electrons. The zero-order chi connectivity index (χ0) is 14.7. The van der Waals surface area contributed by atoms with Gasteiger partial charge < -0.3 is 20.3 Å². The molecule has 2 amide bonds. The molecule has 0 bridgehead atoms. The van der Waals surface area contributed by atoms with Crippen molar-refractivity contribution in [3.05, 3.63) is 29.8 Å². The van der Waals surface area contributed by atoms with Gasteiger partial charge in [0, 0.05) is 25.2 Å². The standard InChI is InChI=1S/C15H19N3O3/c19-14(15(20)18-8-3-6-16-7-9-18)17-12-10-21-13-5-2-1-4-11(12)13/h1-2,4-5,12,16H,3,6-10H2,(H,17,19). The van der Waals surface area contributed by atoms with E-state index in [-0.39, 0.29) is 6.04 Å². The van der Waals surface area contributed by atoms with Crippen LogP contribution in [-0.4, -0.2) is 49.5 Å². The van der Waals surface area contributed by atoms with E-state index in [0.717, 1.165) is 30.8 Å². The lowest BCUT2D eigenvalue weighted by Crippen LogP contribution is -2.45. The summed E-state index contributed by atoms with van der Waals surface area (Å²) in [5.41, 5.74) is 0.927. The lowest BCUT2D eigenvalue weighted by molar-refractivity contribution is -0.146. The second kappa shape index (κ2) is 6.13. The van der Waals surface area contributed by atoms with Gasteiger partial charge >= 0.3 is 11.8 Å². The van der Waals surface area contributed by atoms with Crippen LogP contribution in [0.25, 0.3) is 0 Å². The first-order valence-electron chi connectivity index (χ1n) is 7.28.